The zero-order valence-corrected chi connectivity index (χ0v) is 15.8. The van der Waals surface area contributed by atoms with Crippen LogP contribution in [-0.2, 0) is 9.47 Å². The number of ether oxygens (including phenoxy) is 2. The van der Waals surface area contributed by atoms with E-state index in [0.717, 1.165) is 7.11 Å². The molecule has 0 aliphatic heterocycles. The van der Waals surface area contributed by atoms with Gasteiger partial charge in [-0.2, -0.15) is 13.8 Å². The Hall–Kier alpha value is -3.80. The van der Waals surface area contributed by atoms with Crippen LogP contribution in [0.1, 0.15) is 17.2 Å². The smallest absolute Gasteiger partial charge is 0.435 e. The lowest BCUT2D eigenvalue weighted by Crippen LogP contribution is -2.35. The zero-order chi connectivity index (χ0) is 22.1. The van der Waals surface area contributed by atoms with Gasteiger partial charge in [0.25, 0.3) is 0 Å². The van der Waals surface area contributed by atoms with Crippen LogP contribution in [0.4, 0.5) is 29.9 Å². The van der Waals surface area contributed by atoms with Crippen LogP contribution in [0.15, 0.2) is 47.6 Å². The van der Waals surface area contributed by atoms with Gasteiger partial charge < -0.3 is 26.3 Å². The van der Waals surface area contributed by atoms with Crippen molar-refractivity contribution in [2.24, 2.45) is 10.7 Å². The van der Waals surface area contributed by atoms with Crippen molar-refractivity contribution >= 4 is 29.5 Å². The number of urea groups is 1. The molecule has 30 heavy (non-hydrogen) atoms. The lowest BCUT2D eigenvalue weighted by atomic mass is 10.1. The summed E-state index contributed by atoms with van der Waals surface area (Å²) in [6, 6.07) is 8.21. The second-order valence-electron chi connectivity index (χ2n) is 5.78. The Bertz CT molecular complexity index is 911. The summed E-state index contributed by atoms with van der Waals surface area (Å²) in [5.74, 6) is -0.155. The molecule has 0 saturated carbocycles. The number of aromatic nitrogens is 1. The first-order valence-electron chi connectivity index (χ1n) is 8.50. The molecule has 1 unspecified atom stereocenters. The molecule has 2 aromatic rings. The summed E-state index contributed by atoms with van der Waals surface area (Å²) in [6.07, 6.45) is 0.299. The molecule has 6 N–H and O–H groups in total. The molecule has 0 radical (unpaired) electrons. The second-order valence-corrected chi connectivity index (χ2v) is 5.78. The normalized spacial score (nSPS) is 12.3. The Kier molecular flexibility index (Phi) is 7.99. The molecule has 1 aromatic carbocycles. The number of nitrogens with one attached hydrogen (secondary N) is 2. The van der Waals surface area contributed by atoms with Gasteiger partial charge in [0.2, 0.25) is 0 Å². The van der Waals surface area contributed by atoms with Crippen molar-refractivity contribution in [1.82, 2.24) is 10.3 Å². The van der Waals surface area contributed by atoms with Crippen LogP contribution in [0.25, 0.3) is 0 Å². The first-order chi connectivity index (χ1) is 14.3. The summed E-state index contributed by atoms with van der Waals surface area (Å²) < 4.78 is 33.6. The Morgan fingerprint density at radius 2 is 1.97 bits per heavy atom. The molecule has 0 fully saturated rings. The van der Waals surface area contributed by atoms with Gasteiger partial charge in [-0.05, 0) is 5.56 Å². The quantitative estimate of drug-likeness (QED) is 0.394. The molecule has 2 rings (SSSR count). The summed E-state index contributed by atoms with van der Waals surface area (Å²) in [5, 5.41) is 4.96. The number of amidine groups is 1. The monoisotopic (exact) mass is 422 g/mol. The molecule has 0 aliphatic rings. The van der Waals surface area contributed by atoms with E-state index in [4.69, 9.17) is 11.5 Å². The number of methoxy groups -OCH3 is 1. The van der Waals surface area contributed by atoms with Gasteiger partial charge >= 0.3 is 18.7 Å². The largest absolute Gasteiger partial charge is 0.451 e. The number of rotatable bonds is 7. The number of carbonyl (C=O) groups is 2. The minimum absolute atomic E-state index is 0.0567. The van der Waals surface area contributed by atoms with E-state index in [-0.39, 0.29) is 22.9 Å². The minimum atomic E-state index is -2.98. The van der Waals surface area contributed by atoms with Crippen LogP contribution in [0.5, 0.6) is 0 Å². The fraction of sp³-hybridized carbons (Fsp3) is 0.222. The van der Waals surface area contributed by atoms with E-state index < -0.39 is 31.4 Å². The lowest BCUT2D eigenvalue weighted by molar-refractivity contribution is -0.133. The summed E-state index contributed by atoms with van der Waals surface area (Å²) in [5.41, 5.74) is 12.4. The Morgan fingerprint density at radius 1 is 1.27 bits per heavy atom. The summed E-state index contributed by atoms with van der Waals surface area (Å²) >= 11 is 0. The molecule has 12 heteroatoms. The first kappa shape index (κ1) is 22.5. The van der Waals surface area contributed by atoms with Crippen LogP contribution in [0.3, 0.4) is 0 Å². The van der Waals surface area contributed by atoms with Crippen molar-refractivity contribution in [3.05, 3.63) is 53.7 Å². The van der Waals surface area contributed by atoms with Crippen molar-refractivity contribution in [2.45, 2.75) is 12.7 Å². The van der Waals surface area contributed by atoms with Crippen molar-refractivity contribution in [3.63, 3.8) is 0 Å². The molecule has 1 atom stereocenters. The van der Waals surface area contributed by atoms with E-state index in [2.05, 4.69) is 30.1 Å². The third-order valence-electron chi connectivity index (χ3n) is 3.74. The van der Waals surface area contributed by atoms with E-state index in [1.165, 1.54) is 12.3 Å². The molecule has 0 saturated heterocycles. The number of nitrogen functional groups attached to an aromatic ring is 1. The highest BCUT2D eigenvalue weighted by molar-refractivity contribution is 6.06. The summed E-state index contributed by atoms with van der Waals surface area (Å²) in [7, 11) is 1.14. The Balaban J connectivity index is 2.09. The molecule has 1 heterocycles. The van der Waals surface area contributed by atoms with E-state index in [1.54, 1.807) is 30.3 Å². The Labute approximate surface area is 170 Å². The number of hydrogen-bond acceptors (Lipinski definition) is 6. The van der Waals surface area contributed by atoms with Crippen LogP contribution in [0.2, 0.25) is 0 Å². The van der Waals surface area contributed by atoms with Crippen molar-refractivity contribution in [3.8, 4) is 0 Å². The predicted octanol–water partition coefficient (Wildman–Crippen LogP) is 2.24. The van der Waals surface area contributed by atoms with Gasteiger partial charge in [0.1, 0.15) is 11.7 Å². The maximum atomic E-state index is 12.4. The lowest BCUT2D eigenvalue weighted by Gasteiger charge is -2.19. The molecule has 10 nitrogen and oxygen atoms in total. The Morgan fingerprint density at radius 3 is 2.57 bits per heavy atom. The van der Waals surface area contributed by atoms with Crippen molar-refractivity contribution in [1.29, 1.82) is 0 Å². The number of nitrogens with two attached hydrogens (primary N) is 2. The number of pyridine rings is 1. The zero-order valence-electron chi connectivity index (χ0n) is 15.8. The molecule has 0 spiro atoms. The third-order valence-corrected chi connectivity index (χ3v) is 3.74. The number of halogens is 2. The molecule has 160 valence electrons. The van der Waals surface area contributed by atoms with Gasteiger partial charge in [-0.15, -0.1) is 0 Å². The predicted molar refractivity (Wildman–Crippen MR) is 105 cm³/mol. The average molecular weight is 422 g/mol. The fourth-order valence-electron chi connectivity index (χ4n) is 2.34. The van der Waals surface area contributed by atoms with Gasteiger partial charge in [-0.1, -0.05) is 30.3 Å². The van der Waals surface area contributed by atoms with Gasteiger partial charge in [0, 0.05) is 18.0 Å². The maximum absolute atomic E-state index is 12.4. The van der Waals surface area contributed by atoms with Crippen molar-refractivity contribution in [2.75, 3.05) is 24.8 Å². The highest BCUT2D eigenvalue weighted by Crippen LogP contribution is 2.17. The van der Waals surface area contributed by atoms with Crippen LogP contribution in [0, 0.1) is 0 Å². The molecular weight excluding hydrogens is 402 g/mol. The van der Waals surface area contributed by atoms with Gasteiger partial charge in [0.15, 0.2) is 0 Å². The van der Waals surface area contributed by atoms with E-state index in [0.29, 0.717) is 5.56 Å². The number of anilines is 2. The van der Waals surface area contributed by atoms with Gasteiger partial charge in [0.05, 0.1) is 25.3 Å². The summed E-state index contributed by atoms with van der Waals surface area (Å²) in [4.78, 5) is 30.9. The first-order valence-corrected chi connectivity index (χ1v) is 8.50. The number of carbonyl (C=O) groups excluding carboxylic acids is 2. The molecule has 0 aliphatic carbocycles. The van der Waals surface area contributed by atoms with Gasteiger partial charge in [-0.25, -0.2) is 14.6 Å². The number of hydrogen-bond donors (Lipinski definition) is 4. The minimum Gasteiger partial charge on any atom is -0.451 e. The topological polar surface area (TPSA) is 154 Å². The number of aliphatic imine (C=N–C) groups is 1. The van der Waals surface area contributed by atoms with Gasteiger partial charge in [-0.3, -0.25) is 5.32 Å². The standard InChI is InChI=1S/C18H20F2N6O4/c1-29-18(28)26-15(22)11-8-23-14(7-12(11)21)25-17(27)24-13(9-30-16(19)20)10-5-3-2-4-6-10/h2-8,13,16H,9H2,1H3,(H2,22,26,28)(H4,21,23,24,25,27). The SMILES string of the molecule is COC(=O)N=C(N)c1cnc(NC(=O)NC(COC(F)F)c2ccccc2)cc1N. The fourth-order valence-corrected chi connectivity index (χ4v) is 2.34. The second kappa shape index (κ2) is 10.7. The molecule has 1 aromatic heterocycles. The van der Waals surface area contributed by atoms with Crippen molar-refractivity contribution < 1.29 is 27.8 Å². The third kappa shape index (κ3) is 6.67. The van der Waals surface area contributed by atoms with E-state index >= 15 is 0 Å². The summed E-state index contributed by atoms with van der Waals surface area (Å²) in [6.45, 7) is -3.42. The van der Waals surface area contributed by atoms with Crippen LogP contribution >= 0.6 is 0 Å². The molecule has 0 bridgehead atoms. The van der Waals surface area contributed by atoms with E-state index in [9.17, 15) is 18.4 Å². The molecule has 3 amide bonds. The number of benzene rings is 1. The maximum Gasteiger partial charge on any atom is 0.435 e. The number of nitrogens with zero attached hydrogens (tertiary/aromatic N) is 2. The van der Waals surface area contributed by atoms with Crippen LogP contribution < -0.4 is 22.1 Å². The number of alkyl halides is 2. The van der Waals surface area contributed by atoms with E-state index in [1.807, 2.05) is 0 Å². The average Bonchev–Trinajstić information content (AvgIpc) is 2.71. The highest BCUT2D eigenvalue weighted by Gasteiger charge is 2.18. The molecular formula is C18H20F2N6O4. The number of amides is 3. The van der Waals surface area contributed by atoms with Crippen LogP contribution in [-0.4, -0.2) is 43.3 Å². The highest BCUT2D eigenvalue weighted by atomic mass is 19.3.